The molecule has 19 heavy (non-hydrogen) atoms. The number of hydrogen-bond acceptors (Lipinski definition) is 3. The Kier molecular flexibility index (Phi) is 5.67. The van der Waals surface area contributed by atoms with Crippen molar-refractivity contribution in [3.8, 4) is 5.75 Å². The summed E-state index contributed by atoms with van der Waals surface area (Å²) in [6.07, 6.45) is 1.18. The fourth-order valence-electron chi connectivity index (χ4n) is 2.40. The number of ether oxygens (including phenoxy) is 1. The number of rotatable bonds is 8. The minimum Gasteiger partial charge on any atom is -0.493 e. The Morgan fingerprint density at radius 1 is 1.21 bits per heavy atom. The van der Waals surface area contributed by atoms with E-state index in [1.807, 2.05) is 6.07 Å². The summed E-state index contributed by atoms with van der Waals surface area (Å²) < 4.78 is 5.68. The Balaban J connectivity index is 1.57. The highest BCUT2D eigenvalue weighted by Gasteiger charge is 2.22. The van der Waals surface area contributed by atoms with Gasteiger partial charge in [0.2, 0.25) is 0 Å². The summed E-state index contributed by atoms with van der Waals surface area (Å²) in [5, 5.41) is 7.00. The smallest absolute Gasteiger partial charge is 0.122 e. The van der Waals surface area contributed by atoms with Crippen molar-refractivity contribution in [3.63, 3.8) is 0 Å². The van der Waals surface area contributed by atoms with Crippen molar-refractivity contribution < 1.29 is 4.74 Å². The molecule has 1 aromatic rings. The van der Waals surface area contributed by atoms with Crippen molar-refractivity contribution >= 4 is 0 Å². The molecule has 0 saturated carbocycles. The summed E-state index contributed by atoms with van der Waals surface area (Å²) in [6.45, 7) is 9.60. The molecule has 0 aromatic heterocycles. The van der Waals surface area contributed by atoms with Crippen LogP contribution in [0.4, 0.5) is 0 Å². The number of para-hydroxylation sites is 1. The molecule has 0 spiro atoms. The van der Waals surface area contributed by atoms with Crippen molar-refractivity contribution in [1.82, 2.24) is 10.6 Å². The Bertz CT molecular complexity index is 379. The minimum absolute atomic E-state index is 0.514. The highest BCUT2D eigenvalue weighted by atomic mass is 16.5. The Morgan fingerprint density at radius 3 is 2.84 bits per heavy atom. The van der Waals surface area contributed by atoms with Crippen molar-refractivity contribution in [1.29, 1.82) is 0 Å². The highest BCUT2D eigenvalue weighted by molar-refractivity contribution is 5.39. The fourth-order valence-corrected chi connectivity index (χ4v) is 2.40. The second-order valence-electron chi connectivity index (χ2n) is 5.70. The van der Waals surface area contributed by atoms with E-state index >= 15 is 0 Å². The molecule has 0 aliphatic carbocycles. The zero-order chi connectivity index (χ0) is 13.5. The first-order valence-corrected chi connectivity index (χ1v) is 7.40. The van der Waals surface area contributed by atoms with E-state index in [4.69, 9.17) is 4.74 Å². The van der Waals surface area contributed by atoms with E-state index in [2.05, 4.69) is 42.7 Å². The van der Waals surface area contributed by atoms with Crippen molar-refractivity contribution in [2.75, 3.05) is 32.8 Å². The number of hydrogen-bond donors (Lipinski definition) is 2. The van der Waals surface area contributed by atoms with Gasteiger partial charge in [-0.2, -0.15) is 0 Å². The van der Waals surface area contributed by atoms with Crippen molar-refractivity contribution in [2.24, 2.45) is 5.92 Å². The normalized spacial score (nSPS) is 17.5. The number of fused-ring (bicyclic) bond motifs is 1. The van der Waals surface area contributed by atoms with E-state index < -0.39 is 0 Å². The third kappa shape index (κ3) is 4.51. The predicted molar refractivity (Wildman–Crippen MR) is 79.9 cm³/mol. The van der Waals surface area contributed by atoms with Gasteiger partial charge in [-0.15, -0.1) is 0 Å². The van der Waals surface area contributed by atoms with E-state index in [-0.39, 0.29) is 0 Å². The molecule has 0 amide bonds. The molecule has 0 saturated heterocycles. The van der Waals surface area contributed by atoms with Crippen molar-refractivity contribution in [2.45, 2.75) is 26.2 Å². The van der Waals surface area contributed by atoms with Gasteiger partial charge in [-0.3, -0.25) is 0 Å². The van der Waals surface area contributed by atoms with Gasteiger partial charge in [-0.1, -0.05) is 32.0 Å². The van der Waals surface area contributed by atoms with E-state index in [9.17, 15) is 0 Å². The largest absolute Gasteiger partial charge is 0.493 e. The standard InChI is InChI=1S/C16H26N2O/c1-13(2)10-17-8-5-9-18-11-14-12-19-16-7-4-3-6-15(14)16/h3-4,6-7,13-14,17-18H,5,8-12H2,1-2H3. The minimum atomic E-state index is 0.514. The van der Waals surface area contributed by atoms with Gasteiger partial charge < -0.3 is 15.4 Å². The lowest BCUT2D eigenvalue weighted by atomic mass is 10.0. The van der Waals surface area contributed by atoms with Crippen LogP contribution in [0.3, 0.4) is 0 Å². The molecule has 1 aliphatic heterocycles. The lowest BCUT2D eigenvalue weighted by Gasteiger charge is -2.11. The lowest BCUT2D eigenvalue weighted by Crippen LogP contribution is -2.27. The lowest BCUT2D eigenvalue weighted by molar-refractivity contribution is 0.326. The second kappa shape index (κ2) is 7.51. The molecule has 0 fully saturated rings. The van der Waals surface area contributed by atoms with Gasteiger partial charge in [0, 0.05) is 18.0 Å². The molecule has 3 nitrogen and oxygen atoms in total. The molecule has 0 radical (unpaired) electrons. The molecule has 3 heteroatoms. The maximum atomic E-state index is 5.68. The topological polar surface area (TPSA) is 33.3 Å². The molecule has 1 aromatic carbocycles. The summed E-state index contributed by atoms with van der Waals surface area (Å²) in [5.41, 5.74) is 1.35. The van der Waals surface area contributed by atoms with Crippen LogP contribution < -0.4 is 15.4 Å². The van der Waals surface area contributed by atoms with Gasteiger partial charge in [-0.05, 0) is 38.0 Å². The Morgan fingerprint density at radius 2 is 2.00 bits per heavy atom. The van der Waals surface area contributed by atoms with Gasteiger partial charge in [0.05, 0.1) is 6.61 Å². The second-order valence-corrected chi connectivity index (χ2v) is 5.70. The first-order chi connectivity index (χ1) is 9.27. The van der Waals surface area contributed by atoms with E-state index in [0.717, 1.165) is 44.5 Å². The van der Waals surface area contributed by atoms with Gasteiger partial charge >= 0.3 is 0 Å². The Labute approximate surface area is 116 Å². The molecule has 106 valence electrons. The van der Waals surface area contributed by atoms with Crippen LogP contribution >= 0.6 is 0 Å². The molecule has 1 heterocycles. The van der Waals surface area contributed by atoms with Crippen molar-refractivity contribution in [3.05, 3.63) is 29.8 Å². The first-order valence-electron chi connectivity index (χ1n) is 7.40. The highest BCUT2D eigenvalue weighted by Crippen LogP contribution is 2.32. The zero-order valence-electron chi connectivity index (χ0n) is 12.1. The SMILES string of the molecule is CC(C)CNCCCNCC1COc2ccccc21. The van der Waals surface area contributed by atoms with Crippen LogP contribution in [-0.4, -0.2) is 32.8 Å². The summed E-state index contributed by atoms with van der Waals surface area (Å²) in [4.78, 5) is 0. The third-order valence-electron chi connectivity index (χ3n) is 3.45. The van der Waals surface area contributed by atoms with Crippen LogP contribution in [0.15, 0.2) is 24.3 Å². The third-order valence-corrected chi connectivity index (χ3v) is 3.45. The van der Waals surface area contributed by atoms with Gasteiger partial charge in [0.25, 0.3) is 0 Å². The molecular formula is C16H26N2O. The molecular weight excluding hydrogens is 236 g/mol. The average Bonchev–Trinajstić information content (AvgIpc) is 2.81. The monoisotopic (exact) mass is 262 g/mol. The van der Waals surface area contributed by atoms with Crippen LogP contribution in [0.5, 0.6) is 5.75 Å². The van der Waals surface area contributed by atoms with Crippen LogP contribution in [0.1, 0.15) is 31.7 Å². The molecule has 2 rings (SSSR count). The fraction of sp³-hybridized carbons (Fsp3) is 0.625. The zero-order valence-corrected chi connectivity index (χ0v) is 12.1. The van der Waals surface area contributed by atoms with Gasteiger partial charge in [0.1, 0.15) is 5.75 Å². The maximum Gasteiger partial charge on any atom is 0.122 e. The van der Waals surface area contributed by atoms with Crippen LogP contribution in [0.25, 0.3) is 0 Å². The molecule has 1 aliphatic rings. The quantitative estimate of drug-likeness (QED) is 0.706. The van der Waals surface area contributed by atoms with E-state index in [1.54, 1.807) is 0 Å². The first kappa shape index (κ1) is 14.4. The predicted octanol–water partition coefficient (Wildman–Crippen LogP) is 2.39. The molecule has 2 N–H and O–H groups in total. The molecule has 0 bridgehead atoms. The molecule has 1 atom stereocenters. The maximum absolute atomic E-state index is 5.68. The van der Waals surface area contributed by atoms with Gasteiger partial charge in [-0.25, -0.2) is 0 Å². The summed E-state index contributed by atoms with van der Waals surface area (Å²) in [5.74, 6) is 2.31. The molecule has 1 unspecified atom stereocenters. The van der Waals surface area contributed by atoms with E-state index in [0.29, 0.717) is 5.92 Å². The van der Waals surface area contributed by atoms with Crippen LogP contribution in [0.2, 0.25) is 0 Å². The number of benzene rings is 1. The Hall–Kier alpha value is -1.06. The van der Waals surface area contributed by atoms with E-state index in [1.165, 1.54) is 12.0 Å². The number of nitrogens with one attached hydrogen (secondary N) is 2. The van der Waals surface area contributed by atoms with Crippen LogP contribution in [-0.2, 0) is 0 Å². The van der Waals surface area contributed by atoms with Crippen LogP contribution in [0, 0.1) is 5.92 Å². The summed E-state index contributed by atoms with van der Waals surface area (Å²) in [6, 6.07) is 8.37. The summed E-state index contributed by atoms with van der Waals surface area (Å²) in [7, 11) is 0. The van der Waals surface area contributed by atoms with Gasteiger partial charge in [0.15, 0.2) is 0 Å². The average molecular weight is 262 g/mol. The summed E-state index contributed by atoms with van der Waals surface area (Å²) >= 11 is 0.